The minimum absolute atomic E-state index is 0.0641. The number of hydrogen-bond acceptors (Lipinski definition) is 4. The summed E-state index contributed by atoms with van der Waals surface area (Å²) in [5, 5.41) is 9.97. The quantitative estimate of drug-likeness (QED) is 0.828. The van der Waals surface area contributed by atoms with Crippen LogP contribution >= 0.6 is 11.6 Å². The number of carbonyl (C=O) groups is 1. The topological polar surface area (TPSA) is 68.0 Å². The Bertz CT molecular complexity index is 467. The van der Waals surface area contributed by atoms with Gasteiger partial charge in [-0.25, -0.2) is 0 Å². The van der Waals surface area contributed by atoms with Crippen LogP contribution in [0.25, 0.3) is 11.5 Å². The maximum absolute atomic E-state index is 11.0. The Kier molecular flexibility index (Phi) is 3.16. The Morgan fingerprint density at radius 2 is 2.12 bits per heavy atom. The summed E-state index contributed by atoms with van der Waals surface area (Å²) in [6, 6.07) is 7.03. The number of nitrogens with one attached hydrogen (secondary N) is 1. The summed E-state index contributed by atoms with van der Waals surface area (Å²) >= 11 is 5.37. The standard InChI is InChI=1S/C10H8ClN3O2/c11-5-9(15)13-8-3-1-7(2-4-8)10-14-12-6-16-10/h1-4,6H,5H2,(H,13,15). The van der Waals surface area contributed by atoms with Crippen LogP contribution in [0.4, 0.5) is 5.69 Å². The first-order chi connectivity index (χ1) is 7.79. The van der Waals surface area contributed by atoms with Crippen molar-refractivity contribution in [3.63, 3.8) is 0 Å². The van der Waals surface area contributed by atoms with Crippen molar-refractivity contribution in [2.75, 3.05) is 11.2 Å². The van der Waals surface area contributed by atoms with E-state index in [9.17, 15) is 4.79 Å². The van der Waals surface area contributed by atoms with E-state index in [2.05, 4.69) is 15.5 Å². The molecule has 16 heavy (non-hydrogen) atoms. The molecule has 0 atom stereocenters. The molecule has 0 bridgehead atoms. The van der Waals surface area contributed by atoms with Crippen LogP contribution in [0.1, 0.15) is 0 Å². The van der Waals surface area contributed by atoms with Gasteiger partial charge >= 0.3 is 0 Å². The molecular weight excluding hydrogens is 230 g/mol. The highest BCUT2D eigenvalue weighted by atomic mass is 35.5. The molecule has 0 unspecified atom stereocenters. The maximum Gasteiger partial charge on any atom is 0.247 e. The molecule has 1 aromatic carbocycles. The largest absolute Gasteiger partial charge is 0.423 e. The molecule has 0 radical (unpaired) electrons. The number of carbonyl (C=O) groups excluding carboxylic acids is 1. The molecule has 2 rings (SSSR count). The van der Waals surface area contributed by atoms with E-state index in [1.165, 1.54) is 6.39 Å². The van der Waals surface area contributed by atoms with E-state index in [1.807, 2.05) is 0 Å². The van der Waals surface area contributed by atoms with Crippen molar-refractivity contribution in [1.82, 2.24) is 10.2 Å². The van der Waals surface area contributed by atoms with Crippen LogP contribution < -0.4 is 5.32 Å². The lowest BCUT2D eigenvalue weighted by atomic mass is 10.2. The average Bonchev–Trinajstić information content (AvgIpc) is 2.83. The highest BCUT2D eigenvalue weighted by molar-refractivity contribution is 6.29. The van der Waals surface area contributed by atoms with Crippen molar-refractivity contribution in [2.24, 2.45) is 0 Å². The zero-order valence-corrected chi connectivity index (χ0v) is 8.94. The second-order valence-corrected chi connectivity index (χ2v) is 3.27. The summed E-state index contributed by atoms with van der Waals surface area (Å²) in [6.07, 6.45) is 1.26. The van der Waals surface area contributed by atoms with Gasteiger partial charge in [0.15, 0.2) is 0 Å². The lowest BCUT2D eigenvalue weighted by molar-refractivity contribution is -0.113. The minimum atomic E-state index is -0.243. The fourth-order valence-corrected chi connectivity index (χ4v) is 1.26. The van der Waals surface area contributed by atoms with Gasteiger partial charge in [0, 0.05) is 11.3 Å². The number of amides is 1. The van der Waals surface area contributed by atoms with Crippen LogP contribution in [0.3, 0.4) is 0 Å². The SMILES string of the molecule is O=C(CCl)Nc1ccc(-c2nnco2)cc1. The maximum atomic E-state index is 11.0. The molecule has 1 aromatic heterocycles. The Hall–Kier alpha value is -1.88. The molecule has 1 amide bonds. The molecular formula is C10H8ClN3O2. The Morgan fingerprint density at radius 3 is 2.69 bits per heavy atom. The third-order valence-electron chi connectivity index (χ3n) is 1.90. The summed E-state index contributed by atoms with van der Waals surface area (Å²) < 4.78 is 5.03. The summed E-state index contributed by atoms with van der Waals surface area (Å²) in [5.41, 5.74) is 1.47. The first kappa shape index (κ1) is 10.6. The number of rotatable bonds is 3. The van der Waals surface area contributed by atoms with Gasteiger partial charge in [-0.05, 0) is 24.3 Å². The average molecular weight is 238 g/mol. The molecule has 0 saturated carbocycles. The van der Waals surface area contributed by atoms with E-state index in [4.69, 9.17) is 16.0 Å². The van der Waals surface area contributed by atoms with E-state index < -0.39 is 0 Å². The molecule has 0 spiro atoms. The van der Waals surface area contributed by atoms with Gasteiger partial charge in [0.1, 0.15) is 5.88 Å². The van der Waals surface area contributed by atoms with Crippen molar-refractivity contribution < 1.29 is 9.21 Å². The molecule has 0 aliphatic heterocycles. The normalized spacial score (nSPS) is 10.1. The molecule has 0 fully saturated rings. The molecule has 1 heterocycles. The number of aromatic nitrogens is 2. The minimum Gasteiger partial charge on any atom is -0.423 e. The molecule has 82 valence electrons. The monoisotopic (exact) mass is 237 g/mol. The third-order valence-corrected chi connectivity index (χ3v) is 2.14. The van der Waals surface area contributed by atoms with Gasteiger partial charge in [-0.15, -0.1) is 21.8 Å². The smallest absolute Gasteiger partial charge is 0.247 e. The van der Waals surface area contributed by atoms with Crippen LogP contribution in [-0.4, -0.2) is 22.0 Å². The first-order valence-corrected chi connectivity index (χ1v) is 5.05. The zero-order valence-electron chi connectivity index (χ0n) is 8.18. The predicted octanol–water partition coefficient (Wildman–Crippen LogP) is 1.91. The molecule has 1 N–H and O–H groups in total. The second-order valence-electron chi connectivity index (χ2n) is 3.00. The summed E-state index contributed by atoms with van der Waals surface area (Å²) in [6.45, 7) is 0. The van der Waals surface area contributed by atoms with Crippen molar-refractivity contribution in [3.8, 4) is 11.5 Å². The van der Waals surface area contributed by atoms with E-state index in [0.29, 0.717) is 11.6 Å². The van der Waals surface area contributed by atoms with Crippen LogP contribution in [0, 0.1) is 0 Å². The molecule has 2 aromatic rings. The van der Waals surface area contributed by atoms with Crippen LogP contribution in [0.2, 0.25) is 0 Å². The zero-order chi connectivity index (χ0) is 11.4. The first-order valence-electron chi connectivity index (χ1n) is 4.52. The van der Waals surface area contributed by atoms with E-state index in [-0.39, 0.29) is 11.8 Å². The fraction of sp³-hybridized carbons (Fsp3) is 0.100. The Morgan fingerprint density at radius 1 is 1.38 bits per heavy atom. The molecule has 5 nitrogen and oxygen atoms in total. The lowest BCUT2D eigenvalue weighted by Gasteiger charge is -2.02. The molecule has 6 heteroatoms. The second kappa shape index (κ2) is 4.76. The van der Waals surface area contributed by atoms with Crippen molar-refractivity contribution in [3.05, 3.63) is 30.7 Å². The van der Waals surface area contributed by atoms with E-state index in [0.717, 1.165) is 5.56 Å². The number of halogens is 1. The summed E-state index contributed by atoms with van der Waals surface area (Å²) in [4.78, 5) is 11.0. The lowest BCUT2D eigenvalue weighted by Crippen LogP contribution is -2.12. The summed E-state index contributed by atoms with van der Waals surface area (Å²) in [5.74, 6) is 0.133. The third kappa shape index (κ3) is 2.38. The van der Waals surface area contributed by atoms with Gasteiger partial charge < -0.3 is 9.73 Å². The molecule has 0 aliphatic rings. The van der Waals surface area contributed by atoms with Gasteiger partial charge in [0.25, 0.3) is 0 Å². The van der Waals surface area contributed by atoms with Crippen molar-refractivity contribution in [2.45, 2.75) is 0 Å². The highest BCUT2D eigenvalue weighted by Gasteiger charge is 2.04. The van der Waals surface area contributed by atoms with Gasteiger partial charge in [0.2, 0.25) is 18.2 Å². The Balaban J connectivity index is 2.14. The van der Waals surface area contributed by atoms with Crippen LogP contribution in [0.5, 0.6) is 0 Å². The van der Waals surface area contributed by atoms with E-state index in [1.54, 1.807) is 24.3 Å². The molecule has 0 saturated heterocycles. The van der Waals surface area contributed by atoms with Crippen LogP contribution in [-0.2, 0) is 4.79 Å². The number of alkyl halides is 1. The van der Waals surface area contributed by atoms with Crippen LogP contribution in [0.15, 0.2) is 35.1 Å². The van der Waals surface area contributed by atoms with Crippen molar-refractivity contribution >= 4 is 23.2 Å². The van der Waals surface area contributed by atoms with Gasteiger partial charge in [-0.2, -0.15) is 0 Å². The number of nitrogens with zero attached hydrogens (tertiary/aromatic N) is 2. The highest BCUT2D eigenvalue weighted by Crippen LogP contribution is 2.18. The van der Waals surface area contributed by atoms with Gasteiger partial charge in [0.05, 0.1) is 0 Å². The predicted molar refractivity (Wildman–Crippen MR) is 59.1 cm³/mol. The fourth-order valence-electron chi connectivity index (χ4n) is 1.19. The Labute approximate surface area is 96.4 Å². The van der Waals surface area contributed by atoms with E-state index >= 15 is 0 Å². The number of hydrogen-bond donors (Lipinski definition) is 1. The van der Waals surface area contributed by atoms with Crippen molar-refractivity contribution in [1.29, 1.82) is 0 Å². The van der Waals surface area contributed by atoms with Gasteiger partial charge in [-0.1, -0.05) is 0 Å². The molecule has 0 aliphatic carbocycles. The number of anilines is 1. The van der Waals surface area contributed by atoms with Gasteiger partial charge in [-0.3, -0.25) is 4.79 Å². The number of benzene rings is 1. The summed E-state index contributed by atoms with van der Waals surface area (Å²) in [7, 11) is 0.